The average molecular weight is 342 g/mol. The molecule has 0 spiro atoms. The summed E-state index contributed by atoms with van der Waals surface area (Å²) >= 11 is 2.25. The number of para-hydroxylation sites is 1. The summed E-state index contributed by atoms with van der Waals surface area (Å²) in [4.78, 5) is 8.01. The molecule has 3 N–H and O–H groups in total. The van der Waals surface area contributed by atoms with E-state index < -0.39 is 0 Å². The highest BCUT2D eigenvalue weighted by Crippen LogP contribution is 2.23. The van der Waals surface area contributed by atoms with E-state index in [0.29, 0.717) is 11.7 Å². The summed E-state index contributed by atoms with van der Waals surface area (Å²) in [5, 5.41) is 3.17. The van der Waals surface area contributed by atoms with Crippen molar-refractivity contribution in [2.24, 2.45) is 0 Å². The second-order valence-corrected chi connectivity index (χ2v) is 4.42. The van der Waals surface area contributed by atoms with Gasteiger partial charge in [0.05, 0.1) is 12.8 Å². The number of hydrogen-bond acceptors (Lipinski definition) is 5. The van der Waals surface area contributed by atoms with Crippen LogP contribution in [0.25, 0.3) is 0 Å². The zero-order chi connectivity index (χ0) is 12.3. The van der Waals surface area contributed by atoms with Crippen molar-refractivity contribution in [1.82, 2.24) is 9.97 Å². The van der Waals surface area contributed by atoms with E-state index in [-0.39, 0.29) is 5.95 Å². The SMILES string of the molecule is COc1cc(Nc2ccccc2I)nc(N)n1. The highest BCUT2D eigenvalue weighted by atomic mass is 127. The molecule has 2 aromatic rings. The maximum atomic E-state index is 5.58. The molecule has 1 aromatic carbocycles. The van der Waals surface area contributed by atoms with Crippen molar-refractivity contribution in [2.75, 3.05) is 18.2 Å². The molecule has 0 atom stereocenters. The third-order valence-electron chi connectivity index (χ3n) is 2.07. The number of nitrogens with two attached hydrogens (primary N) is 1. The summed E-state index contributed by atoms with van der Waals surface area (Å²) < 4.78 is 6.13. The molecule has 0 amide bonds. The highest BCUT2D eigenvalue weighted by molar-refractivity contribution is 14.1. The Kier molecular flexibility index (Phi) is 3.62. The molecule has 2 rings (SSSR count). The van der Waals surface area contributed by atoms with Gasteiger partial charge in [-0.3, -0.25) is 0 Å². The number of nitrogen functional groups attached to an aromatic ring is 1. The summed E-state index contributed by atoms with van der Waals surface area (Å²) in [6.45, 7) is 0. The molecule has 0 saturated heterocycles. The Labute approximate surface area is 113 Å². The quantitative estimate of drug-likeness (QED) is 0.838. The topological polar surface area (TPSA) is 73.1 Å². The minimum atomic E-state index is 0.179. The molecule has 0 aliphatic carbocycles. The van der Waals surface area contributed by atoms with E-state index in [1.54, 1.807) is 6.07 Å². The van der Waals surface area contributed by atoms with Crippen LogP contribution < -0.4 is 15.8 Å². The lowest BCUT2D eigenvalue weighted by Gasteiger charge is -2.09. The number of hydrogen-bond donors (Lipinski definition) is 2. The van der Waals surface area contributed by atoms with Gasteiger partial charge in [0.2, 0.25) is 11.8 Å². The second kappa shape index (κ2) is 5.17. The first-order valence-electron chi connectivity index (χ1n) is 4.89. The Morgan fingerprint density at radius 1 is 1.29 bits per heavy atom. The molecule has 17 heavy (non-hydrogen) atoms. The number of methoxy groups -OCH3 is 1. The predicted octanol–water partition coefficient (Wildman–Crippen LogP) is 2.42. The molecule has 0 bridgehead atoms. The first-order valence-corrected chi connectivity index (χ1v) is 5.97. The molecule has 1 aromatic heterocycles. The Hall–Kier alpha value is -1.57. The number of nitrogens with zero attached hydrogens (tertiary/aromatic N) is 2. The van der Waals surface area contributed by atoms with Crippen LogP contribution in [-0.2, 0) is 0 Å². The van der Waals surface area contributed by atoms with Crippen molar-refractivity contribution < 1.29 is 4.74 Å². The van der Waals surface area contributed by atoms with Gasteiger partial charge in [0, 0.05) is 9.64 Å². The van der Waals surface area contributed by atoms with Crippen molar-refractivity contribution in [1.29, 1.82) is 0 Å². The molecular formula is C11H11IN4O. The van der Waals surface area contributed by atoms with Crippen molar-refractivity contribution in [3.05, 3.63) is 33.9 Å². The number of ether oxygens (including phenoxy) is 1. The molecule has 1 heterocycles. The van der Waals surface area contributed by atoms with E-state index in [0.717, 1.165) is 9.26 Å². The molecule has 0 fully saturated rings. The van der Waals surface area contributed by atoms with E-state index in [4.69, 9.17) is 10.5 Å². The Morgan fingerprint density at radius 3 is 2.76 bits per heavy atom. The number of anilines is 3. The fourth-order valence-corrected chi connectivity index (χ4v) is 1.83. The van der Waals surface area contributed by atoms with Gasteiger partial charge in [-0.25, -0.2) is 0 Å². The van der Waals surface area contributed by atoms with Crippen molar-refractivity contribution in [3.63, 3.8) is 0 Å². The molecule has 0 saturated carbocycles. The summed E-state index contributed by atoms with van der Waals surface area (Å²) in [5.74, 6) is 1.22. The minimum absolute atomic E-state index is 0.179. The third kappa shape index (κ3) is 2.96. The van der Waals surface area contributed by atoms with Crippen LogP contribution in [0.3, 0.4) is 0 Å². The van der Waals surface area contributed by atoms with E-state index in [1.807, 2.05) is 24.3 Å². The number of halogens is 1. The molecule has 0 aliphatic heterocycles. The van der Waals surface area contributed by atoms with Crippen molar-refractivity contribution in [2.45, 2.75) is 0 Å². The summed E-state index contributed by atoms with van der Waals surface area (Å²) in [5.41, 5.74) is 6.55. The van der Waals surface area contributed by atoms with Crippen LogP contribution in [-0.4, -0.2) is 17.1 Å². The number of nitrogens with one attached hydrogen (secondary N) is 1. The van der Waals surface area contributed by atoms with Gasteiger partial charge in [0.15, 0.2) is 0 Å². The normalized spacial score (nSPS) is 10.0. The van der Waals surface area contributed by atoms with Gasteiger partial charge in [0.1, 0.15) is 5.82 Å². The standard InChI is InChI=1S/C11H11IN4O/c1-17-10-6-9(15-11(13)16-10)14-8-5-3-2-4-7(8)12/h2-6H,1H3,(H3,13,14,15,16). The smallest absolute Gasteiger partial charge is 0.225 e. The van der Waals surface area contributed by atoms with Crippen LogP contribution >= 0.6 is 22.6 Å². The Balaban J connectivity index is 2.30. The molecule has 0 unspecified atom stereocenters. The van der Waals surface area contributed by atoms with Crippen LogP contribution in [0.5, 0.6) is 5.88 Å². The van der Waals surface area contributed by atoms with Gasteiger partial charge in [-0.2, -0.15) is 9.97 Å². The second-order valence-electron chi connectivity index (χ2n) is 3.26. The number of benzene rings is 1. The number of aromatic nitrogens is 2. The fraction of sp³-hybridized carbons (Fsp3) is 0.0909. The van der Waals surface area contributed by atoms with Gasteiger partial charge in [-0.15, -0.1) is 0 Å². The van der Waals surface area contributed by atoms with Crippen molar-refractivity contribution >= 4 is 40.0 Å². The van der Waals surface area contributed by atoms with Crippen LogP contribution in [0.1, 0.15) is 0 Å². The van der Waals surface area contributed by atoms with Gasteiger partial charge in [-0.1, -0.05) is 12.1 Å². The zero-order valence-electron chi connectivity index (χ0n) is 9.14. The van der Waals surface area contributed by atoms with Crippen LogP contribution in [0.2, 0.25) is 0 Å². The molecule has 88 valence electrons. The Bertz CT molecular complexity index is 533. The van der Waals surface area contributed by atoms with Gasteiger partial charge < -0.3 is 15.8 Å². The van der Waals surface area contributed by atoms with E-state index in [9.17, 15) is 0 Å². The van der Waals surface area contributed by atoms with Crippen LogP contribution in [0, 0.1) is 3.57 Å². The molecular weight excluding hydrogens is 331 g/mol. The zero-order valence-corrected chi connectivity index (χ0v) is 11.3. The first-order chi connectivity index (χ1) is 8.19. The number of rotatable bonds is 3. The Morgan fingerprint density at radius 2 is 2.06 bits per heavy atom. The fourth-order valence-electron chi connectivity index (χ4n) is 1.31. The lowest BCUT2D eigenvalue weighted by atomic mass is 10.3. The highest BCUT2D eigenvalue weighted by Gasteiger charge is 2.04. The largest absolute Gasteiger partial charge is 0.481 e. The molecule has 0 radical (unpaired) electrons. The minimum Gasteiger partial charge on any atom is -0.481 e. The van der Waals surface area contributed by atoms with Crippen molar-refractivity contribution in [3.8, 4) is 5.88 Å². The van der Waals surface area contributed by atoms with Gasteiger partial charge in [-0.05, 0) is 34.7 Å². The monoisotopic (exact) mass is 342 g/mol. The summed E-state index contributed by atoms with van der Waals surface area (Å²) in [6.07, 6.45) is 0. The molecule has 5 nitrogen and oxygen atoms in total. The van der Waals surface area contributed by atoms with E-state index >= 15 is 0 Å². The lowest BCUT2D eigenvalue weighted by Crippen LogP contribution is -2.02. The average Bonchev–Trinajstić information content (AvgIpc) is 2.31. The van der Waals surface area contributed by atoms with Gasteiger partial charge >= 0.3 is 0 Å². The van der Waals surface area contributed by atoms with Crippen LogP contribution in [0.15, 0.2) is 30.3 Å². The maximum Gasteiger partial charge on any atom is 0.225 e. The third-order valence-corrected chi connectivity index (χ3v) is 3.01. The van der Waals surface area contributed by atoms with Gasteiger partial charge in [0.25, 0.3) is 0 Å². The first kappa shape index (κ1) is 11.9. The van der Waals surface area contributed by atoms with E-state index in [2.05, 4.69) is 37.9 Å². The predicted molar refractivity (Wildman–Crippen MR) is 75.4 cm³/mol. The van der Waals surface area contributed by atoms with E-state index in [1.165, 1.54) is 7.11 Å². The lowest BCUT2D eigenvalue weighted by molar-refractivity contribution is 0.398. The molecule has 6 heteroatoms. The van der Waals surface area contributed by atoms with Crippen LogP contribution in [0.4, 0.5) is 17.5 Å². The summed E-state index contributed by atoms with van der Waals surface area (Å²) in [6, 6.07) is 9.59. The maximum absolute atomic E-state index is 5.58. The summed E-state index contributed by atoms with van der Waals surface area (Å²) in [7, 11) is 1.54. The molecule has 0 aliphatic rings.